The van der Waals surface area contributed by atoms with E-state index >= 15 is 0 Å². The molecule has 23 heavy (non-hydrogen) atoms. The van der Waals surface area contributed by atoms with E-state index in [-0.39, 0.29) is 0 Å². The van der Waals surface area contributed by atoms with Gasteiger partial charge in [-0.05, 0) is 12.1 Å². The van der Waals surface area contributed by atoms with E-state index in [0.717, 1.165) is 34.3 Å². The predicted octanol–water partition coefficient (Wildman–Crippen LogP) is 3.93. The highest BCUT2D eigenvalue weighted by atomic mass is 28.3. The number of rotatable bonds is 6. The van der Waals surface area contributed by atoms with Gasteiger partial charge in [0, 0.05) is 43.6 Å². The van der Waals surface area contributed by atoms with E-state index in [1.165, 1.54) is 6.04 Å². The summed E-state index contributed by atoms with van der Waals surface area (Å²) in [6.07, 6.45) is 5.86. The molecular formula is C17H24N4OSi. The minimum Gasteiger partial charge on any atom is -0.397 e. The van der Waals surface area contributed by atoms with Crippen molar-refractivity contribution in [2.45, 2.75) is 32.4 Å². The van der Waals surface area contributed by atoms with Gasteiger partial charge >= 0.3 is 0 Å². The zero-order chi connectivity index (χ0) is 16.4. The Morgan fingerprint density at radius 1 is 1.30 bits per heavy atom. The van der Waals surface area contributed by atoms with Crippen molar-refractivity contribution in [3.8, 4) is 11.1 Å². The highest BCUT2D eigenvalue weighted by molar-refractivity contribution is 6.76. The van der Waals surface area contributed by atoms with Crippen LogP contribution < -0.4 is 5.73 Å². The topological polar surface area (TPSA) is 68.9 Å². The van der Waals surface area contributed by atoms with Gasteiger partial charge in [0.2, 0.25) is 0 Å². The Balaban J connectivity index is 1.70. The highest BCUT2D eigenvalue weighted by Crippen LogP contribution is 2.30. The van der Waals surface area contributed by atoms with Gasteiger partial charge < -0.3 is 15.5 Å². The molecule has 0 saturated carbocycles. The fourth-order valence-electron chi connectivity index (χ4n) is 2.53. The van der Waals surface area contributed by atoms with Crippen molar-refractivity contribution >= 4 is 24.7 Å². The number of benzene rings is 1. The number of fused-ring (bicyclic) bond motifs is 1. The summed E-state index contributed by atoms with van der Waals surface area (Å²) < 4.78 is 7.58. The Morgan fingerprint density at radius 2 is 2.13 bits per heavy atom. The number of H-pyrrole nitrogens is 1. The predicted molar refractivity (Wildman–Crippen MR) is 98.0 cm³/mol. The van der Waals surface area contributed by atoms with E-state index in [2.05, 4.69) is 35.8 Å². The number of nitrogen functional groups attached to an aromatic ring is 1. The van der Waals surface area contributed by atoms with Gasteiger partial charge in [0.15, 0.2) is 0 Å². The Bertz CT molecular complexity index is 800. The molecule has 0 unspecified atom stereocenters. The molecule has 5 nitrogen and oxygen atoms in total. The van der Waals surface area contributed by atoms with Crippen LogP contribution in [0.2, 0.25) is 25.7 Å². The van der Waals surface area contributed by atoms with E-state index in [0.29, 0.717) is 6.73 Å². The molecule has 0 atom stereocenters. The van der Waals surface area contributed by atoms with E-state index in [1.807, 2.05) is 35.4 Å². The first kappa shape index (κ1) is 15.8. The standard InChI is InChI=1S/C17H24N4OSi/c1-23(2,3)8-7-22-12-21-11-13(9-20-21)15-10-19-17-14(15)5-4-6-16(17)18/h4-6,9-11,19H,7-8,12,18H2,1-3H3. The molecule has 6 heteroatoms. The molecule has 0 radical (unpaired) electrons. The Morgan fingerprint density at radius 3 is 2.91 bits per heavy atom. The molecule has 3 N–H and O–H groups in total. The van der Waals surface area contributed by atoms with Crippen LogP contribution >= 0.6 is 0 Å². The van der Waals surface area contributed by atoms with Gasteiger partial charge in [-0.3, -0.25) is 0 Å². The average Bonchev–Trinajstić information content (AvgIpc) is 3.09. The monoisotopic (exact) mass is 328 g/mol. The summed E-state index contributed by atoms with van der Waals surface area (Å²) >= 11 is 0. The van der Waals surface area contributed by atoms with Gasteiger partial charge in [-0.25, -0.2) is 4.68 Å². The molecule has 0 spiro atoms. The quantitative estimate of drug-likeness (QED) is 0.409. The van der Waals surface area contributed by atoms with Gasteiger partial charge in [0.05, 0.1) is 17.4 Å². The molecule has 0 saturated heterocycles. The molecular weight excluding hydrogens is 304 g/mol. The number of para-hydroxylation sites is 1. The zero-order valence-electron chi connectivity index (χ0n) is 14.0. The van der Waals surface area contributed by atoms with Crippen LogP contribution in [0.5, 0.6) is 0 Å². The lowest BCUT2D eigenvalue weighted by Crippen LogP contribution is -2.22. The Labute approximate surface area is 137 Å². The SMILES string of the molecule is C[Si](C)(C)CCOCn1cc(-c2c[nH]c3c(N)cccc23)cn1. The molecule has 1 aromatic carbocycles. The van der Waals surface area contributed by atoms with Crippen molar-refractivity contribution in [2.24, 2.45) is 0 Å². The fraction of sp³-hybridized carbons (Fsp3) is 0.353. The van der Waals surface area contributed by atoms with Crippen LogP contribution in [-0.4, -0.2) is 29.4 Å². The Hall–Kier alpha value is -2.05. The van der Waals surface area contributed by atoms with Crippen LogP contribution in [0.4, 0.5) is 5.69 Å². The minimum absolute atomic E-state index is 0.495. The second kappa shape index (κ2) is 6.21. The number of hydrogen-bond acceptors (Lipinski definition) is 3. The van der Waals surface area contributed by atoms with Crippen LogP contribution in [0.15, 0.2) is 36.8 Å². The normalized spacial score (nSPS) is 12.1. The van der Waals surface area contributed by atoms with Crippen LogP contribution in [0.25, 0.3) is 22.0 Å². The van der Waals surface area contributed by atoms with Gasteiger partial charge in [-0.2, -0.15) is 5.10 Å². The average molecular weight is 328 g/mol. The van der Waals surface area contributed by atoms with Crippen molar-refractivity contribution in [3.05, 3.63) is 36.8 Å². The van der Waals surface area contributed by atoms with Crippen LogP contribution in [0.3, 0.4) is 0 Å². The van der Waals surface area contributed by atoms with Gasteiger partial charge in [0.25, 0.3) is 0 Å². The van der Waals surface area contributed by atoms with Crippen molar-refractivity contribution in [1.82, 2.24) is 14.8 Å². The second-order valence-electron chi connectivity index (χ2n) is 7.09. The third kappa shape index (κ3) is 3.65. The van der Waals surface area contributed by atoms with Crippen molar-refractivity contribution < 1.29 is 4.74 Å². The summed E-state index contributed by atoms with van der Waals surface area (Å²) in [5, 5.41) is 5.51. The number of nitrogens with one attached hydrogen (secondary N) is 1. The number of hydrogen-bond donors (Lipinski definition) is 2. The molecule has 0 aliphatic rings. The van der Waals surface area contributed by atoms with E-state index in [9.17, 15) is 0 Å². The zero-order valence-corrected chi connectivity index (χ0v) is 15.0. The van der Waals surface area contributed by atoms with Crippen LogP contribution in [0, 0.1) is 0 Å². The molecule has 122 valence electrons. The lowest BCUT2D eigenvalue weighted by Gasteiger charge is -2.15. The highest BCUT2D eigenvalue weighted by Gasteiger charge is 2.12. The largest absolute Gasteiger partial charge is 0.397 e. The van der Waals surface area contributed by atoms with Crippen molar-refractivity contribution in [2.75, 3.05) is 12.3 Å². The molecule has 0 bridgehead atoms. The third-order valence-corrected chi connectivity index (χ3v) is 5.62. The molecule has 3 aromatic rings. The number of nitrogens with zero attached hydrogens (tertiary/aromatic N) is 2. The maximum atomic E-state index is 6.00. The third-order valence-electron chi connectivity index (χ3n) is 3.91. The fourth-order valence-corrected chi connectivity index (χ4v) is 3.28. The summed E-state index contributed by atoms with van der Waals surface area (Å²) in [5.41, 5.74) is 9.91. The smallest absolute Gasteiger partial charge is 0.139 e. The van der Waals surface area contributed by atoms with Crippen LogP contribution in [-0.2, 0) is 11.5 Å². The lowest BCUT2D eigenvalue weighted by molar-refractivity contribution is 0.0786. The molecule has 2 heterocycles. The summed E-state index contributed by atoms with van der Waals surface area (Å²) in [7, 11) is -1.04. The second-order valence-corrected chi connectivity index (χ2v) is 12.7. The molecule has 0 aliphatic heterocycles. The summed E-state index contributed by atoms with van der Waals surface area (Å²) in [5.74, 6) is 0. The maximum Gasteiger partial charge on any atom is 0.139 e. The first-order valence-corrected chi connectivity index (χ1v) is 11.6. The molecule has 3 rings (SSSR count). The molecule has 2 aromatic heterocycles. The van der Waals surface area contributed by atoms with E-state index in [4.69, 9.17) is 10.5 Å². The number of anilines is 1. The van der Waals surface area contributed by atoms with E-state index < -0.39 is 8.07 Å². The van der Waals surface area contributed by atoms with Crippen LogP contribution in [0.1, 0.15) is 0 Å². The number of aromatic nitrogens is 3. The first-order valence-electron chi connectivity index (χ1n) is 7.90. The van der Waals surface area contributed by atoms with Gasteiger partial charge in [0.1, 0.15) is 6.73 Å². The van der Waals surface area contributed by atoms with Gasteiger partial charge in [-0.1, -0.05) is 31.8 Å². The van der Waals surface area contributed by atoms with E-state index in [1.54, 1.807) is 0 Å². The summed E-state index contributed by atoms with van der Waals surface area (Å²) in [6, 6.07) is 7.11. The molecule has 0 aliphatic carbocycles. The number of nitrogens with two attached hydrogens (primary N) is 1. The number of ether oxygens (including phenoxy) is 1. The molecule has 0 amide bonds. The first-order chi connectivity index (χ1) is 10.9. The summed E-state index contributed by atoms with van der Waals surface area (Å²) in [6.45, 7) is 8.35. The van der Waals surface area contributed by atoms with Crippen molar-refractivity contribution in [1.29, 1.82) is 0 Å². The summed E-state index contributed by atoms with van der Waals surface area (Å²) in [4.78, 5) is 3.24. The minimum atomic E-state index is -1.04. The Kier molecular flexibility index (Phi) is 4.28. The van der Waals surface area contributed by atoms with Crippen molar-refractivity contribution in [3.63, 3.8) is 0 Å². The van der Waals surface area contributed by atoms with Gasteiger partial charge in [-0.15, -0.1) is 0 Å². The molecule has 0 fully saturated rings. The lowest BCUT2D eigenvalue weighted by atomic mass is 10.1. The maximum absolute atomic E-state index is 6.00. The number of aromatic amines is 1.